The second-order valence-corrected chi connectivity index (χ2v) is 7.94. The standard InChI is InChI=1S/C16H12O3S4/c17-13(16(20)21)10-6-8-12(9-7-10)15(19)23-22-14(18)11-4-2-1-3-5-11/h1-9,16,20-21H. The lowest BCUT2D eigenvalue weighted by molar-refractivity contribution is 0.101. The highest BCUT2D eigenvalue weighted by molar-refractivity contribution is 8.87. The minimum absolute atomic E-state index is 0.177. The van der Waals surface area contributed by atoms with Crippen molar-refractivity contribution in [3.63, 3.8) is 0 Å². The Bertz CT molecular complexity index is 712. The quantitative estimate of drug-likeness (QED) is 0.356. The van der Waals surface area contributed by atoms with Gasteiger partial charge in [0.15, 0.2) is 5.78 Å². The van der Waals surface area contributed by atoms with Gasteiger partial charge < -0.3 is 0 Å². The molecule has 7 heteroatoms. The average Bonchev–Trinajstić information content (AvgIpc) is 2.59. The van der Waals surface area contributed by atoms with Gasteiger partial charge in [0.1, 0.15) is 4.58 Å². The average molecular weight is 381 g/mol. The molecule has 0 saturated carbocycles. The van der Waals surface area contributed by atoms with Crippen LogP contribution in [-0.4, -0.2) is 20.6 Å². The van der Waals surface area contributed by atoms with Crippen LogP contribution in [0.3, 0.4) is 0 Å². The Morgan fingerprint density at radius 1 is 0.696 bits per heavy atom. The maximum absolute atomic E-state index is 12.1. The first-order valence-corrected chi connectivity index (χ1v) is 9.66. The Kier molecular flexibility index (Phi) is 6.83. The van der Waals surface area contributed by atoms with Crippen molar-refractivity contribution < 1.29 is 14.4 Å². The van der Waals surface area contributed by atoms with Gasteiger partial charge in [-0.1, -0.05) is 42.5 Å². The van der Waals surface area contributed by atoms with Gasteiger partial charge in [-0.2, -0.15) is 25.3 Å². The molecule has 0 aromatic heterocycles. The maximum Gasteiger partial charge on any atom is 0.230 e. The van der Waals surface area contributed by atoms with E-state index >= 15 is 0 Å². The van der Waals surface area contributed by atoms with Crippen molar-refractivity contribution in [3.8, 4) is 0 Å². The van der Waals surface area contributed by atoms with E-state index in [0.717, 1.165) is 21.6 Å². The summed E-state index contributed by atoms with van der Waals surface area (Å²) in [6.45, 7) is 0. The third kappa shape index (κ3) is 5.17. The summed E-state index contributed by atoms with van der Waals surface area (Å²) in [6, 6.07) is 15.0. The maximum atomic E-state index is 12.1. The van der Waals surface area contributed by atoms with Gasteiger partial charge in [-0.15, -0.1) is 0 Å². The third-order valence-electron chi connectivity index (χ3n) is 2.84. The zero-order valence-corrected chi connectivity index (χ0v) is 15.1. The summed E-state index contributed by atoms with van der Waals surface area (Å²) in [5.41, 5.74) is 1.41. The Morgan fingerprint density at radius 3 is 1.61 bits per heavy atom. The summed E-state index contributed by atoms with van der Waals surface area (Å²) in [5.74, 6) is -0.225. The van der Waals surface area contributed by atoms with Gasteiger partial charge >= 0.3 is 0 Å². The van der Waals surface area contributed by atoms with Crippen molar-refractivity contribution >= 4 is 62.9 Å². The molecule has 0 unspecified atom stereocenters. The highest BCUT2D eigenvalue weighted by Gasteiger charge is 2.15. The van der Waals surface area contributed by atoms with Gasteiger partial charge in [0.2, 0.25) is 10.2 Å². The predicted octanol–water partition coefficient (Wildman–Crippen LogP) is 4.42. The molecular weight excluding hydrogens is 368 g/mol. The van der Waals surface area contributed by atoms with Gasteiger partial charge in [-0.05, 0) is 33.7 Å². The number of ketones is 1. The van der Waals surface area contributed by atoms with Crippen molar-refractivity contribution in [2.75, 3.05) is 0 Å². The molecule has 0 radical (unpaired) electrons. The summed E-state index contributed by atoms with van der Waals surface area (Å²) in [4.78, 5) is 35.7. The number of rotatable bonds is 4. The molecule has 0 atom stereocenters. The molecule has 0 aliphatic carbocycles. The van der Waals surface area contributed by atoms with Crippen LogP contribution in [0.15, 0.2) is 54.6 Å². The summed E-state index contributed by atoms with van der Waals surface area (Å²) in [5, 5.41) is -0.421. The second kappa shape index (κ2) is 8.63. The van der Waals surface area contributed by atoms with Gasteiger partial charge in [-0.3, -0.25) is 14.4 Å². The van der Waals surface area contributed by atoms with Crippen molar-refractivity contribution in [2.45, 2.75) is 4.58 Å². The fraction of sp³-hybridized carbons (Fsp3) is 0.0625. The second-order valence-electron chi connectivity index (χ2n) is 4.42. The van der Waals surface area contributed by atoms with Crippen molar-refractivity contribution in [1.82, 2.24) is 0 Å². The lowest BCUT2D eigenvalue weighted by Crippen LogP contribution is -2.08. The van der Waals surface area contributed by atoms with Crippen LogP contribution in [0.4, 0.5) is 0 Å². The highest BCUT2D eigenvalue weighted by Crippen LogP contribution is 2.29. The molecule has 0 amide bonds. The number of carbonyl (C=O) groups is 3. The monoisotopic (exact) mass is 380 g/mol. The lowest BCUT2D eigenvalue weighted by atomic mass is 10.1. The van der Waals surface area contributed by atoms with Crippen LogP contribution < -0.4 is 0 Å². The zero-order valence-electron chi connectivity index (χ0n) is 11.7. The minimum Gasteiger partial charge on any atom is -0.292 e. The smallest absolute Gasteiger partial charge is 0.230 e. The van der Waals surface area contributed by atoms with Crippen LogP contribution in [0.2, 0.25) is 0 Å². The van der Waals surface area contributed by atoms with E-state index in [9.17, 15) is 14.4 Å². The SMILES string of the molecule is O=C(SSC(=O)c1ccc(C(=O)C(S)S)cc1)c1ccccc1. The highest BCUT2D eigenvalue weighted by atomic mass is 33.1. The molecular formula is C16H12O3S4. The fourth-order valence-corrected chi connectivity index (χ4v) is 3.61. The Labute approximate surface area is 152 Å². The third-order valence-corrected chi connectivity index (χ3v) is 5.33. The Hall–Kier alpha value is -1.15. The number of hydrogen-bond donors (Lipinski definition) is 2. The molecule has 2 aromatic rings. The normalized spacial score (nSPS) is 10.6. The van der Waals surface area contributed by atoms with E-state index in [1.807, 2.05) is 6.07 Å². The number of thiol groups is 2. The summed E-state index contributed by atoms with van der Waals surface area (Å²) in [7, 11) is 1.75. The molecule has 23 heavy (non-hydrogen) atoms. The molecule has 0 bridgehead atoms. The molecule has 0 spiro atoms. The molecule has 0 saturated heterocycles. The number of hydrogen-bond acceptors (Lipinski definition) is 7. The molecule has 0 fully saturated rings. The van der Waals surface area contributed by atoms with Crippen LogP contribution >= 0.6 is 46.8 Å². The molecule has 0 N–H and O–H groups in total. The van der Waals surface area contributed by atoms with Gasteiger partial charge in [0.25, 0.3) is 0 Å². The van der Waals surface area contributed by atoms with E-state index in [1.165, 1.54) is 0 Å². The van der Waals surface area contributed by atoms with E-state index in [1.54, 1.807) is 48.5 Å². The molecule has 118 valence electrons. The van der Waals surface area contributed by atoms with Gasteiger partial charge in [0.05, 0.1) is 0 Å². The fourth-order valence-electron chi connectivity index (χ4n) is 1.67. The zero-order chi connectivity index (χ0) is 16.8. The number of benzene rings is 2. The molecule has 3 nitrogen and oxygen atoms in total. The number of Topliss-reactive ketones (excluding diaryl/α,β-unsaturated/α-hetero) is 1. The number of carbonyl (C=O) groups excluding carboxylic acids is 3. The first kappa shape index (κ1) is 18.2. The molecule has 0 aliphatic heterocycles. The summed E-state index contributed by atoms with van der Waals surface area (Å²) >= 11 is 7.93. The van der Waals surface area contributed by atoms with Gasteiger partial charge in [0, 0.05) is 16.7 Å². The van der Waals surface area contributed by atoms with Crippen molar-refractivity contribution in [3.05, 3.63) is 71.3 Å². The molecule has 0 heterocycles. The summed E-state index contributed by atoms with van der Waals surface area (Å²) < 4.78 is -0.690. The van der Waals surface area contributed by atoms with Crippen molar-refractivity contribution in [2.24, 2.45) is 0 Å². The topological polar surface area (TPSA) is 51.2 Å². The Morgan fingerprint density at radius 2 is 1.13 bits per heavy atom. The first-order chi connectivity index (χ1) is 11.0. The first-order valence-electron chi connectivity index (χ1n) is 6.47. The van der Waals surface area contributed by atoms with Crippen LogP contribution in [0, 0.1) is 0 Å². The van der Waals surface area contributed by atoms with Crippen LogP contribution in [0.5, 0.6) is 0 Å². The molecule has 2 aromatic carbocycles. The van der Waals surface area contributed by atoms with Crippen LogP contribution in [0.1, 0.15) is 31.1 Å². The Balaban J connectivity index is 1.96. The van der Waals surface area contributed by atoms with Crippen molar-refractivity contribution in [1.29, 1.82) is 0 Å². The van der Waals surface area contributed by atoms with E-state index in [4.69, 9.17) is 0 Å². The van der Waals surface area contributed by atoms with Crippen LogP contribution in [0.25, 0.3) is 0 Å². The lowest BCUT2D eigenvalue weighted by Gasteiger charge is -2.04. The van der Waals surface area contributed by atoms with E-state index in [0.29, 0.717) is 16.7 Å². The molecule has 0 aliphatic rings. The van der Waals surface area contributed by atoms with E-state index in [2.05, 4.69) is 25.3 Å². The van der Waals surface area contributed by atoms with Gasteiger partial charge in [-0.25, -0.2) is 0 Å². The van der Waals surface area contributed by atoms with Crippen LogP contribution in [-0.2, 0) is 0 Å². The van der Waals surface area contributed by atoms with E-state index < -0.39 is 4.58 Å². The minimum atomic E-state index is -0.690. The largest absolute Gasteiger partial charge is 0.292 e. The predicted molar refractivity (Wildman–Crippen MR) is 103 cm³/mol. The van der Waals surface area contributed by atoms with E-state index in [-0.39, 0.29) is 16.0 Å². The summed E-state index contributed by atoms with van der Waals surface area (Å²) in [6.07, 6.45) is 0. The molecule has 2 rings (SSSR count).